The number of rotatable bonds is 4. The summed E-state index contributed by atoms with van der Waals surface area (Å²) in [5.74, 6) is 0. The van der Waals surface area contributed by atoms with Gasteiger partial charge in [-0.05, 0) is 36.4 Å². The molecule has 0 saturated heterocycles. The van der Waals surface area contributed by atoms with Gasteiger partial charge in [0.25, 0.3) is 5.69 Å². The van der Waals surface area contributed by atoms with Crippen molar-refractivity contribution >= 4 is 15.7 Å². The number of nitro groups is 1. The number of hydrogen-bond donors (Lipinski definition) is 1. The lowest BCUT2D eigenvalue weighted by molar-refractivity contribution is -0.384. The van der Waals surface area contributed by atoms with E-state index in [1.807, 2.05) is 0 Å². The zero-order chi connectivity index (χ0) is 20.7. The van der Waals surface area contributed by atoms with Gasteiger partial charge in [-0.15, -0.1) is 0 Å². The Morgan fingerprint density at radius 1 is 1.07 bits per heavy atom. The van der Waals surface area contributed by atoms with E-state index in [1.165, 1.54) is 30.3 Å². The molecule has 0 atom stereocenters. The molecule has 0 aliphatic carbocycles. The standard InChI is InChI=1S/C16H11F3N4O4S/c17-16(18,19)15-9-14(12-3-1-2-4-13(12)23(24)25)22(21-15)10-5-7-11(8-6-10)28(20,26)27/h1-9H,(H2,20,26,27). The van der Waals surface area contributed by atoms with Crippen molar-refractivity contribution in [3.05, 3.63) is 70.4 Å². The van der Waals surface area contributed by atoms with Crippen LogP contribution in [0.2, 0.25) is 0 Å². The number of para-hydroxylation sites is 1. The van der Waals surface area contributed by atoms with Crippen molar-refractivity contribution in [1.29, 1.82) is 0 Å². The summed E-state index contributed by atoms with van der Waals surface area (Å²) in [6, 6.07) is 10.6. The zero-order valence-corrected chi connectivity index (χ0v) is 14.6. The predicted molar refractivity (Wildman–Crippen MR) is 92.0 cm³/mol. The summed E-state index contributed by atoms with van der Waals surface area (Å²) in [6.07, 6.45) is -4.79. The van der Waals surface area contributed by atoms with Gasteiger partial charge in [0, 0.05) is 6.07 Å². The molecule has 12 heteroatoms. The topological polar surface area (TPSA) is 121 Å². The van der Waals surface area contributed by atoms with Crippen molar-refractivity contribution in [3.63, 3.8) is 0 Å². The highest BCUT2D eigenvalue weighted by atomic mass is 32.2. The van der Waals surface area contributed by atoms with E-state index in [9.17, 15) is 31.7 Å². The molecule has 28 heavy (non-hydrogen) atoms. The Morgan fingerprint density at radius 2 is 1.68 bits per heavy atom. The molecule has 0 saturated carbocycles. The molecule has 0 amide bonds. The van der Waals surface area contributed by atoms with Gasteiger partial charge in [0.1, 0.15) is 0 Å². The van der Waals surface area contributed by atoms with E-state index in [4.69, 9.17) is 5.14 Å². The Labute approximate surface area is 156 Å². The number of aromatic nitrogens is 2. The quantitative estimate of drug-likeness (QED) is 0.521. The van der Waals surface area contributed by atoms with Crippen LogP contribution in [0.3, 0.4) is 0 Å². The van der Waals surface area contributed by atoms with Gasteiger partial charge in [0.15, 0.2) is 5.69 Å². The maximum Gasteiger partial charge on any atom is 0.435 e. The highest BCUT2D eigenvalue weighted by Crippen LogP contribution is 2.36. The molecule has 0 radical (unpaired) electrons. The molecule has 2 N–H and O–H groups in total. The third-order valence-electron chi connectivity index (χ3n) is 3.79. The average molecular weight is 412 g/mol. The molecule has 2 aromatic carbocycles. The summed E-state index contributed by atoms with van der Waals surface area (Å²) in [4.78, 5) is 10.3. The van der Waals surface area contributed by atoms with E-state index in [-0.39, 0.29) is 21.8 Å². The minimum absolute atomic E-state index is 0.0658. The van der Waals surface area contributed by atoms with Crippen molar-refractivity contribution in [3.8, 4) is 16.9 Å². The van der Waals surface area contributed by atoms with Crippen molar-refractivity contribution in [2.75, 3.05) is 0 Å². The third kappa shape index (κ3) is 3.73. The second-order valence-corrected chi connectivity index (χ2v) is 7.20. The van der Waals surface area contributed by atoms with Crippen LogP contribution in [0, 0.1) is 10.1 Å². The number of hydrogen-bond acceptors (Lipinski definition) is 5. The van der Waals surface area contributed by atoms with E-state index < -0.39 is 32.5 Å². The van der Waals surface area contributed by atoms with Gasteiger partial charge in [-0.25, -0.2) is 18.2 Å². The molecule has 146 valence electrons. The lowest BCUT2D eigenvalue weighted by atomic mass is 10.1. The lowest BCUT2D eigenvalue weighted by Crippen LogP contribution is -2.12. The average Bonchev–Trinajstić information content (AvgIpc) is 3.06. The highest BCUT2D eigenvalue weighted by Gasteiger charge is 2.36. The van der Waals surface area contributed by atoms with E-state index in [1.54, 1.807) is 0 Å². The monoisotopic (exact) mass is 412 g/mol. The highest BCUT2D eigenvalue weighted by molar-refractivity contribution is 7.89. The summed E-state index contributed by atoms with van der Waals surface area (Å²) in [5, 5.41) is 19.8. The number of nitrogens with two attached hydrogens (primary N) is 1. The van der Waals surface area contributed by atoms with E-state index in [0.717, 1.165) is 22.9 Å². The minimum Gasteiger partial charge on any atom is -0.258 e. The van der Waals surface area contributed by atoms with Gasteiger partial charge >= 0.3 is 6.18 Å². The van der Waals surface area contributed by atoms with Gasteiger partial charge in [0.2, 0.25) is 10.0 Å². The van der Waals surface area contributed by atoms with Crippen LogP contribution in [-0.2, 0) is 16.2 Å². The third-order valence-corrected chi connectivity index (χ3v) is 4.72. The Morgan fingerprint density at radius 3 is 2.21 bits per heavy atom. The van der Waals surface area contributed by atoms with Gasteiger partial charge in [-0.2, -0.15) is 18.3 Å². The summed E-state index contributed by atoms with van der Waals surface area (Å²) in [7, 11) is -4.00. The fraction of sp³-hybridized carbons (Fsp3) is 0.0625. The van der Waals surface area contributed by atoms with Crippen molar-refractivity contribution < 1.29 is 26.5 Å². The summed E-state index contributed by atoms with van der Waals surface area (Å²) >= 11 is 0. The first kappa shape index (κ1) is 19.5. The molecule has 0 aliphatic heterocycles. The number of benzene rings is 2. The molecule has 1 aromatic heterocycles. The van der Waals surface area contributed by atoms with Gasteiger partial charge in [-0.3, -0.25) is 10.1 Å². The summed E-state index contributed by atoms with van der Waals surface area (Å²) < 4.78 is 63.1. The number of halogens is 3. The molecule has 3 aromatic rings. The smallest absolute Gasteiger partial charge is 0.258 e. The largest absolute Gasteiger partial charge is 0.435 e. The molecule has 0 unspecified atom stereocenters. The van der Waals surface area contributed by atoms with Crippen LogP contribution >= 0.6 is 0 Å². The maximum atomic E-state index is 13.2. The second-order valence-electron chi connectivity index (χ2n) is 5.64. The Bertz CT molecular complexity index is 1160. The zero-order valence-electron chi connectivity index (χ0n) is 13.8. The van der Waals surface area contributed by atoms with Crippen LogP contribution in [0.5, 0.6) is 0 Å². The SMILES string of the molecule is NS(=O)(=O)c1ccc(-n2nc(C(F)(F)F)cc2-c2ccccc2[N+](=O)[O-])cc1. The first-order valence-corrected chi connectivity index (χ1v) is 9.07. The molecule has 8 nitrogen and oxygen atoms in total. The Kier molecular flexibility index (Phi) is 4.69. The van der Waals surface area contributed by atoms with Crippen LogP contribution in [0.25, 0.3) is 16.9 Å². The molecule has 3 rings (SSSR count). The van der Waals surface area contributed by atoms with Gasteiger partial charge in [0.05, 0.1) is 26.8 Å². The fourth-order valence-electron chi connectivity index (χ4n) is 2.53. The Balaban J connectivity index is 2.25. The summed E-state index contributed by atoms with van der Waals surface area (Å²) in [5.41, 5.74) is -1.85. The van der Waals surface area contributed by atoms with Crippen LogP contribution < -0.4 is 5.14 Å². The first-order chi connectivity index (χ1) is 13.0. The molecule has 0 aliphatic rings. The van der Waals surface area contributed by atoms with Crippen molar-refractivity contribution in [2.45, 2.75) is 11.1 Å². The van der Waals surface area contributed by atoms with E-state index in [0.29, 0.717) is 6.07 Å². The normalized spacial score (nSPS) is 12.1. The van der Waals surface area contributed by atoms with E-state index >= 15 is 0 Å². The maximum absolute atomic E-state index is 13.2. The fourth-order valence-corrected chi connectivity index (χ4v) is 3.05. The van der Waals surface area contributed by atoms with Crippen LogP contribution in [-0.4, -0.2) is 23.1 Å². The number of alkyl halides is 3. The van der Waals surface area contributed by atoms with Crippen LogP contribution in [0.4, 0.5) is 18.9 Å². The number of nitrogens with zero attached hydrogens (tertiary/aromatic N) is 3. The first-order valence-electron chi connectivity index (χ1n) is 7.53. The van der Waals surface area contributed by atoms with Crippen molar-refractivity contribution in [2.24, 2.45) is 5.14 Å². The molecule has 0 bridgehead atoms. The number of nitro benzene ring substituents is 1. The molecule has 0 fully saturated rings. The molecule has 1 heterocycles. The molecule has 0 spiro atoms. The Hall–Kier alpha value is -3.25. The summed E-state index contributed by atoms with van der Waals surface area (Å²) in [6.45, 7) is 0. The number of primary sulfonamides is 1. The second kappa shape index (κ2) is 6.73. The van der Waals surface area contributed by atoms with Gasteiger partial charge < -0.3 is 0 Å². The van der Waals surface area contributed by atoms with Gasteiger partial charge in [-0.1, -0.05) is 12.1 Å². The molecular formula is C16H11F3N4O4S. The molecular weight excluding hydrogens is 401 g/mol. The number of sulfonamides is 1. The van der Waals surface area contributed by atoms with Crippen LogP contribution in [0.15, 0.2) is 59.5 Å². The van der Waals surface area contributed by atoms with E-state index in [2.05, 4.69) is 5.10 Å². The van der Waals surface area contributed by atoms with Crippen molar-refractivity contribution in [1.82, 2.24) is 9.78 Å². The minimum atomic E-state index is -4.79. The lowest BCUT2D eigenvalue weighted by Gasteiger charge is -2.09. The van der Waals surface area contributed by atoms with Crippen LogP contribution in [0.1, 0.15) is 5.69 Å². The predicted octanol–water partition coefficient (Wildman–Crippen LogP) is 3.11.